The van der Waals surface area contributed by atoms with Crippen molar-refractivity contribution in [3.8, 4) is 0 Å². The van der Waals surface area contributed by atoms with E-state index in [1.165, 1.54) is 24.3 Å². The Morgan fingerprint density at radius 1 is 1.13 bits per heavy atom. The van der Waals surface area contributed by atoms with Crippen LogP contribution in [0.3, 0.4) is 0 Å². The quantitative estimate of drug-likeness (QED) is 0.769. The normalized spacial score (nSPS) is 42.3. The Balaban J connectivity index is 1.68. The summed E-state index contributed by atoms with van der Waals surface area (Å²) in [6.07, 6.45) is 4.44. The van der Waals surface area contributed by atoms with Crippen LogP contribution >= 0.6 is 23.5 Å². The second-order valence-electron chi connectivity index (χ2n) is 5.04. The van der Waals surface area contributed by atoms with Crippen LogP contribution in [0.25, 0.3) is 0 Å². The second kappa shape index (κ2) is 3.59. The number of carboxylic acid groups (broad SMARTS) is 1. The van der Waals surface area contributed by atoms with E-state index in [9.17, 15) is 4.79 Å². The Kier molecular flexibility index (Phi) is 2.47. The number of thioether (sulfide) groups is 2. The minimum atomic E-state index is -0.565. The van der Waals surface area contributed by atoms with Crippen LogP contribution < -0.4 is 0 Å². The molecule has 2 aliphatic carbocycles. The Bertz CT molecular complexity index is 270. The molecule has 1 unspecified atom stereocenters. The van der Waals surface area contributed by atoms with Crippen LogP contribution in [0.1, 0.15) is 25.7 Å². The van der Waals surface area contributed by atoms with Gasteiger partial charge in [0.05, 0.1) is 10.00 Å². The summed E-state index contributed by atoms with van der Waals surface area (Å²) in [5.74, 6) is 3.42. The first-order chi connectivity index (χ1) is 7.19. The van der Waals surface area contributed by atoms with Gasteiger partial charge in [-0.25, -0.2) is 0 Å². The first-order valence-electron chi connectivity index (χ1n) is 5.69. The molecule has 3 rings (SSSR count). The zero-order valence-electron chi connectivity index (χ0n) is 8.65. The maximum Gasteiger partial charge on any atom is 0.306 e. The predicted octanol–water partition coefficient (Wildman–Crippen LogP) is 2.68. The Labute approximate surface area is 98.6 Å². The van der Waals surface area contributed by atoms with Gasteiger partial charge in [-0.2, -0.15) is 0 Å². The Morgan fingerprint density at radius 2 is 1.67 bits per heavy atom. The van der Waals surface area contributed by atoms with Crippen LogP contribution in [0.2, 0.25) is 0 Å². The molecular weight excluding hydrogens is 228 g/mol. The average molecular weight is 244 g/mol. The Hall–Kier alpha value is 0.170. The van der Waals surface area contributed by atoms with Gasteiger partial charge >= 0.3 is 5.97 Å². The summed E-state index contributed by atoms with van der Waals surface area (Å²) in [6, 6.07) is 0. The van der Waals surface area contributed by atoms with E-state index in [0.717, 1.165) is 12.8 Å². The number of carboxylic acids is 1. The highest BCUT2D eigenvalue weighted by Gasteiger charge is 2.52. The number of fused-ring (bicyclic) bond motifs is 1. The van der Waals surface area contributed by atoms with Crippen LogP contribution in [0, 0.1) is 17.8 Å². The van der Waals surface area contributed by atoms with Crippen molar-refractivity contribution in [2.45, 2.75) is 29.8 Å². The van der Waals surface area contributed by atoms with E-state index in [1.807, 2.05) is 0 Å². The van der Waals surface area contributed by atoms with Gasteiger partial charge in [0.25, 0.3) is 0 Å². The Morgan fingerprint density at radius 3 is 2.13 bits per heavy atom. The van der Waals surface area contributed by atoms with Crippen LogP contribution in [0.5, 0.6) is 0 Å². The molecule has 0 amide bonds. The molecule has 1 N–H and O–H groups in total. The van der Waals surface area contributed by atoms with Gasteiger partial charge in [-0.3, -0.25) is 4.79 Å². The maximum absolute atomic E-state index is 10.9. The fourth-order valence-corrected chi connectivity index (χ4v) is 7.10. The summed E-state index contributed by atoms with van der Waals surface area (Å²) in [6.45, 7) is 0. The lowest BCUT2D eigenvalue weighted by Crippen LogP contribution is -2.16. The second-order valence-corrected chi connectivity index (χ2v) is 8.26. The van der Waals surface area contributed by atoms with Gasteiger partial charge in [0.2, 0.25) is 0 Å². The van der Waals surface area contributed by atoms with E-state index in [-0.39, 0.29) is 5.92 Å². The fourth-order valence-electron chi connectivity index (χ4n) is 3.53. The van der Waals surface area contributed by atoms with E-state index >= 15 is 0 Å². The number of hydrogen-bond donors (Lipinski definition) is 1. The van der Waals surface area contributed by atoms with Gasteiger partial charge in [0, 0.05) is 11.5 Å². The highest BCUT2D eigenvalue weighted by atomic mass is 32.2. The third-order valence-corrected chi connectivity index (χ3v) is 7.65. The van der Waals surface area contributed by atoms with Gasteiger partial charge in [0.1, 0.15) is 0 Å². The molecule has 2 nitrogen and oxygen atoms in total. The third-order valence-electron chi connectivity index (χ3n) is 4.15. The molecule has 1 spiro atoms. The van der Waals surface area contributed by atoms with E-state index in [0.29, 0.717) is 15.9 Å². The van der Waals surface area contributed by atoms with Crippen LogP contribution in [0.4, 0.5) is 0 Å². The van der Waals surface area contributed by atoms with Crippen LogP contribution in [-0.4, -0.2) is 26.7 Å². The predicted molar refractivity (Wildman–Crippen MR) is 64.2 cm³/mol. The molecule has 0 bridgehead atoms. The number of carbonyl (C=O) groups is 1. The summed E-state index contributed by atoms with van der Waals surface area (Å²) >= 11 is 4.27. The molecule has 0 aromatic heterocycles. The molecule has 2 saturated carbocycles. The van der Waals surface area contributed by atoms with Gasteiger partial charge in [-0.05, 0) is 37.5 Å². The van der Waals surface area contributed by atoms with E-state index in [2.05, 4.69) is 23.5 Å². The van der Waals surface area contributed by atoms with Crippen molar-refractivity contribution >= 4 is 29.5 Å². The van der Waals surface area contributed by atoms with Gasteiger partial charge in [-0.1, -0.05) is 0 Å². The number of rotatable bonds is 1. The summed E-state index contributed by atoms with van der Waals surface area (Å²) in [4.78, 5) is 10.9. The first-order valence-corrected chi connectivity index (χ1v) is 7.66. The first kappa shape index (κ1) is 10.3. The molecule has 1 saturated heterocycles. The maximum atomic E-state index is 10.9. The molecule has 0 aromatic rings. The highest BCUT2D eigenvalue weighted by molar-refractivity contribution is 8.21. The molecule has 3 fully saturated rings. The molecule has 3 aliphatic rings. The minimum absolute atomic E-state index is 0.0336. The fraction of sp³-hybridized carbons (Fsp3) is 0.909. The SMILES string of the molecule is O=C(O)C1C[C@@H]2CC3(C[C@@H]2C1)SCCS3. The minimum Gasteiger partial charge on any atom is -0.481 e. The summed E-state index contributed by atoms with van der Waals surface area (Å²) in [5, 5.41) is 9.01. The lowest BCUT2D eigenvalue weighted by atomic mass is 10.0. The van der Waals surface area contributed by atoms with Crippen molar-refractivity contribution in [2.75, 3.05) is 11.5 Å². The lowest BCUT2D eigenvalue weighted by molar-refractivity contribution is -0.141. The molecule has 1 heterocycles. The van der Waals surface area contributed by atoms with Gasteiger partial charge < -0.3 is 5.11 Å². The van der Waals surface area contributed by atoms with Crippen molar-refractivity contribution < 1.29 is 9.90 Å². The summed E-state index contributed by atoms with van der Waals surface area (Å²) < 4.78 is 0.499. The van der Waals surface area contributed by atoms with E-state index in [4.69, 9.17) is 5.11 Å². The molecule has 0 radical (unpaired) electrons. The zero-order chi connectivity index (χ0) is 10.5. The van der Waals surface area contributed by atoms with Crippen molar-refractivity contribution in [1.29, 1.82) is 0 Å². The molecule has 4 heteroatoms. The lowest BCUT2D eigenvalue weighted by Gasteiger charge is -2.22. The summed E-state index contributed by atoms with van der Waals surface area (Å²) in [7, 11) is 0. The number of aliphatic carboxylic acids is 1. The van der Waals surface area contributed by atoms with Crippen LogP contribution in [-0.2, 0) is 4.79 Å². The molecule has 15 heavy (non-hydrogen) atoms. The summed E-state index contributed by atoms with van der Waals surface area (Å²) in [5.41, 5.74) is 0. The molecule has 84 valence electrons. The topological polar surface area (TPSA) is 37.3 Å². The van der Waals surface area contributed by atoms with Crippen molar-refractivity contribution in [2.24, 2.45) is 17.8 Å². The monoisotopic (exact) mass is 244 g/mol. The molecule has 0 aromatic carbocycles. The van der Waals surface area contributed by atoms with Gasteiger partial charge in [0.15, 0.2) is 0 Å². The molecular formula is C11H16O2S2. The molecule has 3 atom stereocenters. The highest BCUT2D eigenvalue weighted by Crippen LogP contribution is 2.62. The standard InChI is InChI=1S/C11H16O2S2/c12-10(13)7-3-8-5-11(6-9(8)4-7)14-1-2-15-11/h7-9H,1-6H2,(H,12,13)/t7?,8-,9+. The van der Waals surface area contributed by atoms with Crippen LogP contribution in [0.15, 0.2) is 0 Å². The molecule has 1 aliphatic heterocycles. The van der Waals surface area contributed by atoms with E-state index in [1.54, 1.807) is 0 Å². The number of hydrogen-bond acceptors (Lipinski definition) is 3. The third kappa shape index (κ3) is 1.70. The largest absolute Gasteiger partial charge is 0.481 e. The van der Waals surface area contributed by atoms with Crippen molar-refractivity contribution in [1.82, 2.24) is 0 Å². The van der Waals surface area contributed by atoms with Gasteiger partial charge in [-0.15, -0.1) is 23.5 Å². The van der Waals surface area contributed by atoms with E-state index < -0.39 is 5.97 Å². The van der Waals surface area contributed by atoms with Crippen molar-refractivity contribution in [3.05, 3.63) is 0 Å². The average Bonchev–Trinajstić information content (AvgIpc) is 2.80. The smallest absolute Gasteiger partial charge is 0.306 e. The zero-order valence-corrected chi connectivity index (χ0v) is 10.3. The van der Waals surface area contributed by atoms with Crippen molar-refractivity contribution in [3.63, 3.8) is 0 Å².